The highest BCUT2D eigenvalue weighted by molar-refractivity contribution is 5.73. The maximum absolute atomic E-state index is 12.4. The molecule has 186 valence electrons. The number of morpholine rings is 1. The highest BCUT2D eigenvalue weighted by Gasteiger charge is 2.30. The lowest BCUT2D eigenvalue weighted by Crippen LogP contribution is -2.52. The van der Waals surface area contributed by atoms with Crippen LogP contribution >= 0.6 is 0 Å². The highest BCUT2D eigenvalue weighted by Crippen LogP contribution is 2.25. The quantitative estimate of drug-likeness (QED) is 0.708. The lowest BCUT2D eigenvalue weighted by molar-refractivity contribution is -0.0538. The average molecular weight is 470 g/mol. The number of carbonyl (C=O) groups excluding carboxylic acids is 1. The zero-order valence-electron chi connectivity index (χ0n) is 21.3. The molecule has 4 rings (SSSR count). The van der Waals surface area contributed by atoms with Gasteiger partial charge in [-0.05, 0) is 64.7 Å². The Morgan fingerprint density at radius 3 is 2.71 bits per heavy atom. The average Bonchev–Trinajstić information content (AvgIpc) is 3.18. The van der Waals surface area contributed by atoms with Crippen LogP contribution in [0.25, 0.3) is 11.2 Å². The van der Waals surface area contributed by atoms with Crippen molar-refractivity contribution >= 4 is 23.0 Å². The molecule has 0 unspecified atom stereocenters. The van der Waals surface area contributed by atoms with Gasteiger partial charge in [-0.25, -0.2) is 9.78 Å². The Labute approximate surface area is 202 Å². The third kappa shape index (κ3) is 5.91. The molecule has 0 bridgehead atoms. The van der Waals surface area contributed by atoms with E-state index in [1.54, 1.807) is 4.90 Å². The van der Waals surface area contributed by atoms with E-state index in [0.717, 1.165) is 55.1 Å². The molecule has 0 aromatic carbocycles. The number of ether oxygens (including phenoxy) is 2. The summed E-state index contributed by atoms with van der Waals surface area (Å²) in [5.74, 6) is 0. The first-order valence-corrected chi connectivity index (χ1v) is 12.3. The standard InChI is InChI=1S/C26H39N5O3/c1-18(2)23-14-27-24-22(13-19(3)15-31(23)24)28-20-7-9-29(10-8-20)16-21-17-30(11-12-33-21)25(32)34-26(4,5)6/h13-15,20-21,28H,1,7-12,16-17H2,2-6H3/t21-/m1/s1. The summed E-state index contributed by atoms with van der Waals surface area (Å²) in [7, 11) is 0. The summed E-state index contributed by atoms with van der Waals surface area (Å²) in [6, 6.07) is 2.58. The third-order valence-corrected chi connectivity index (χ3v) is 6.38. The largest absolute Gasteiger partial charge is 0.444 e. The summed E-state index contributed by atoms with van der Waals surface area (Å²) in [6.45, 7) is 18.5. The van der Waals surface area contributed by atoms with Crippen LogP contribution in [0.15, 0.2) is 25.0 Å². The Morgan fingerprint density at radius 1 is 1.29 bits per heavy atom. The van der Waals surface area contributed by atoms with Crippen LogP contribution < -0.4 is 5.32 Å². The van der Waals surface area contributed by atoms with E-state index in [-0.39, 0.29) is 12.2 Å². The molecule has 4 heterocycles. The molecular formula is C26H39N5O3. The molecule has 34 heavy (non-hydrogen) atoms. The maximum Gasteiger partial charge on any atom is 0.410 e. The van der Waals surface area contributed by atoms with E-state index < -0.39 is 5.60 Å². The number of imidazole rings is 1. The number of rotatable bonds is 5. The van der Waals surface area contributed by atoms with Crippen molar-refractivity contribution in [1.82, 2.24) is 19.2 Å². The van der Waals surface area contributed by atoms with Crippen LogP contribution in [0.5, 0.6) is 0 Å². The second kappa shape index (κ2) is 9.96. The van der Waals surface area contributed by atoms with Gasteiger partial charge in [-0.15, -0.1) is 0 Å². The van der Waals surface area contributed by atoms with Gasteiger partial charge in [0.25, 0.3) is 0 Å². The van der Waals surface area contributed by atoms with Crippen molar-refractivity contribution in [3.63, 3.8) is 0 Å². The number of pyridine rings is 1. The Kier molecular flexibility index (Phi) is 7.19. The van der Waals surface area contributed by atoms with E-state index in [0.29, 0.717) is 25.7 Å². The van der Waals surface area contributed by atoms with Crippen LogP contribution in [0.4, 0.5) is 10.5 Å². The number of nitrogens with zero attached hydrogens (tertiary/aromatic N) is 4. The number of anilines is 1. The first-order chi connectivity index (χ1) is 16.1. The van der Waals surface area contributed by atoms with E-state index in [4.69, 9.17) is 9.47 Å². The number of aryl methyl sites for hydroxylation is 1. The molecule has 0 saturated carbocycles. The minimum Gasteiger partial charge on any atom is -0.444 e. The van der Waals surface area contributed by atoms with Gasteiger partial charge in [0.2, 0.25) is 0 Å². The lowest BCUT2D eigenvalue weighted by atomic mass is 10.0. The normalized spacial score (nSPS) is 20.5. The first kappa shape index (κ1) is 24.5. The molecule has 2 fully saturated rings. The number of hydrogen-bond acceptors (Lipinski definition) is 6. The second-order valence-corrected chi connectivity index (χ2v) is 10.7. The number of amides is 1. The van der Waals surface area contributed by atoms with Crippen LogP contribution in [0.2, 0.25) is 0 Å². The van der Waals surface area contributed by atoms with E-state index in [1.807, 2.05) is 33.9 Å². The second-order valence-electron chi connectivity index (χ2n) is 10.7. The van der Waals surface area contributed by atoms with E-state index in [9.17, 15) is 4.79 Å². The fourth-order valence-corrected chi connectivity index (χ4v) is 4.74. The number of carbonyl (C=O) groups is 1. The minimum atomic E-state index is -0.481. The van der Waals surface area contributed by atoms with E-state index >= 15 is 0 Å². The molecule has 0 radical (unpaired) electrons. The fourth-order valence-electron chi connectivity index (χ4n) is 4.74. The van der Waals surface area contributed by atoms with Gasteiger partial charge < -0.3 is 24.6 Å². The Hall–Kier alpha value is -2.58. The van der Waals surface area contributed by atoms with Gasteiger partial charge in [0.05, 0.1) is 36.8 Å². The Balaban J connectivity index is 1.30. The summed E-state index contributed by atoms with van der Waals surface area (Å²) < 4.78 is 13.6. The third-order valence-electron chi connectivity index (χ3n) is 6.38. The molecule has 1 atom stereocenters. The van der Waals surface area contributed by atoms with Gasteiger partial charge in [-0.3, -0.25) is 4.40 Å². The lowest BCUT2D eigenvalue weighted by Gasteiger charge is -2.38. The van der Waals surface area contributed by atoms with Crippen molar-refractivity contribution in [1.29, 1.82) is 0 Å². The molecule has 2 aromatic rings. The van der Waals surface area contributed by atoms with Gasteiger partial charge in [0, 0.05) is 38.4 Å². The van der Waals surface area contributed by atoms with Gasteiger partial charge in [0.15, 0.2) is 5.65 Å². The Bertz CT molecular complexity index is 1030. The van der Waals surface area contributed by atoms with Crippen molar-refractivity contribution in [2.45, 2.75) is 65.2 Å². The summed E-state index contributed by atoms with van der Waals surface area (Å²) >= 11 is 0. The number of hydrogen-bond donors (Lipinski definition) is 1. The molecule has 0 aliphatic carbocycles. The Morgan fingerprint density at radius 2 is 2.03 bits per heavy atom. The molecule has 2 saturated heterocycles. The fraction of sp³-hybridized carbons (Fsp3) is 0.615. The van der Waals surface area contributed by atoms with Crippen molar-refractivity contribution in [2.24, 2.45) is 0 Å². The minimum absolute atomic E-state index is 0.0210. The monoisotopic (exact) mass is 469 g/mol. The number of nitrogens with one attached hydrogen (secondary N) is 1. The van der Waals surface area contributed by atoms with Crippen molar-refractivity contribution in [3.05, 3.63) is 36.3 Å². The molecule has 2 aliphatic heterocycles. The zero-order chi connectivity index (χ0) is 24.5. The number of aromatic nitrogens is 2. The van der Waals surface area contributed by atoms with Crippen LogP contribution in [0.1, 0.15) is 51.8 Å². The van der Waals surface area contributed by atoms with Crippen molar-refractivity contribution in [2.75, 3.05) is 44.6 Å². The van der Waals surface area contributed by atoms with E-state index in [1.165, 1.54) is 5.56 Å². The molecular weight excluding hydrogens is 430 g/mol. The van der Waals surface area contributed by atoms with Gasteiger partial charge in [0.1, 0.15) is 5.60 Å². The molecule has 1 N–H and O–H groups in total. The number of allylic oxidation sites excluding steroid dienone is 1. The van der Waals surface area contributed by atoms with Crippen LogP contribution in [-0.2, 0) is 9.47 Å². The molecule has 0 spiro atoms. The SMILES string of the molecule is C=C(C)c1cnc2c(NC3CCN(C[C@@H]4CN(C(=O)OC(C)(C)C)CCO4)CC3)cc(C)cn12. The number of likely N-dealkylation sites (tertiary alicyclic amines) is 1. The van der Waals surface area contributed by atoms with Crippen molar-refractivity contribution in [3.8, 4) is 0 Å². The molecule has 1 amide bonds. The molecule has 2 aliphatic rings. The summed E-state index contributed by atoms with van der Waals surface area (Å²) in [5, 5.41) is 3.74. The summed E-state index contributed by atoms with van der Waals surface area (Å²) in [4.78, 5) is 21.3. The number of fused-ring (bicyclic) bond motifs is 1. The van der Waals surface area contributed by atoms with Crippen LogP contribution in [-0.4, -0.2) is 82.4 Å². The van der Waals surface area contributed by atoms with E-state index in [2.05, 4.69) is 45.4 Å². The van der Waals surface area contributed by atoms with Crippen molar-refractivity contribution < 1.29 is 14.3 Å². The van der Waals surface area contributed by atoms with Gasteiger partial charge in [-0.1, -0.05) is 6.58 Å². The predicted molar refractivity (Wildman–Crippen MR) is 135 cm³/mol. The molecule has 8 heteroatoms. The predicted octanol–water partition coefficient (Wildman–Crippen LogP) is 4.19. The summed E-state index contributed by atoms with van der Waals surface area (Å²) in [6.07, 6.45) is 5.89. The summed E-state index contributed by atoms with van der Waals surface area (Å²) in [5.41, 5.74) is 4.79. The van der Waals surface area contributed by atoms with Crippen LogP contribution in [0, 0.1) is 6.92 Å². The smallest absolute Gasteiger partial charge is 0.410 e. The van der Waals surface area contributed by atoms with Gasteiger partial charge in [-0.2, -0.15) is 0 Å². The number of piperidine rings is 1. The molecule has 8 nitrogen and oxygen atoms in total. The maximum atomic E-state index is 12.4. The highest BCUT2D eigenvalue weighted by atomic mass is 16.6. The van der Waals surface area contributed by atoms with Crippen LogP contribution in [0.3, 0.4) is 0 Å². The first-order valence-electron chi connectivity index (χ1n) is 12.3. The molecule has 2 aromatic heterocycles. The topological polar surface area (TPSA) is 71.3 Å². The zero-order valence-corrected chi connectivity index (χ0v) is 21.3. The van der Waals surface area contributed by atoms with Gasteiger partial charge >= 0.3 is 6.09 Å².